The maximum atomic E-state index is 4.27. The highest BCUT2D eigenvalue weighted by Gasteiger charge is 2.34. The van der Waals surface area contributed by atoms with E-state index >= 15 is 0 Å². The van der Waals surface area contributed by atoms with Gasteiger partial charge in [0.1, 0.15) is 0 Å². The Balaban J connectivity index is 2.52. The van der Waals surface area contributed by atoms with Gasteiger partial charge in [-0.15, -0.1) is 0 Å². The third-order valence-corrected chi connectivity index (χ3v) is 4.54. The number of hydrogen-bond acceptors (Lipinski definition) is 3. The molecule has 0 radical (unpaired) electrons. The minimum absolute atomic E-state index is 0.538. The molecular formula is C10H21NS2. The topological polar surface area (TPSA) is 3.24 Å². The predicted molar refractivity (Wildman–Crippen MR) is 64.9 cm³/mol. The van der Waals surface area contributed by atoms with Crippen molar-refractivity contribution >= 4 is 22.6 Å². The monoisotopic (exact) mass is 219 g/mol. The lowest BCUT2D eigenvalue weighted by molar-refractivity contribution is 0.104. The molecule has 0 N–H and O–H groups in total. The molecule has 0 aromatic rings. The van der Waals surface area contributed by atoms with Crippen molar-refractivity contribution in [1.82, 2.24) is 4.31 Å². The van der Waals surface area contributed by atoms with Gasteiger partial charge in [0.05, 0.1) is 0 Å². The van der Waals surface area contributed by atoms with E-state index in [0.717, 1.165) is 5.92 Å². The first kappa shape index (κ1) is 11.7. The number of nitrogens with zero attached hydrogens (tertiary/aromatic N) is 1. The summed E-state index contributed by atoms with van der Waals surface area (Å²) in [5, 5.41) is 0. The van der Waals surface area contributed by atoms with E-state index in [4.69, 9.17) is 0 Å². The minimum atomic E-state index is 0.538. The third kappa shape index (κ3) is 3.07. The number of piperidine rings is 1. The van der Waals surface area contributed by atoms with Crippen LogP contribution in [0.25, 0.3) is 0 Å². The molecule has 1 rings (SSSR count). The van der Waals surface area contributed by atoms with Crippen LogP contribution in [0.1, 0.15) is 40.0 Å². The molecule has 1 heterocycles. The summed E-state index contributed by atoms with van der Waals surface area (Å²) < 4.78 is 2.38. The van der Waals surface area contributed by atoms with Gasteiger partial charge < -0.3 is 0 Å². The summed E-state index contributed by atoms with van der Waals surface area (Å²) in [6.45, 7) is 9.51. The highest BCUT2D eigenvalue weighted by Crippen LogP contribution is 2.40. The Hall–Kier alpha value is 0.660. The van der Waals surface area contributed by atoms with Crippen molar-refractivity contribution in [3.05, 3.63) is 0 Å². The maximum Gasteiger partial charge on any atom is 0.0131 e. The maximum absolute atomic E-state index is 4.27. The van der Waals surface area contributed by atoms with Crippen molar-refractivity contribution in [3.63, 3.8) is 0 Å². The number of thiol groups is 1. The van der Waals surface area contributed by atoms with Crippen LogP contribution in [-0.2, 0) is 0 Å². The van der Waals surface area contributed by atoms with Crippen LogP contribution in [-0.4, -0.2) is 17.4 Å². The quantitative estimate of drug-likeness (QED) is 0.439. The highest BCUT2D eigenvalue weighted by molar-refractivity contribution is 8.67. The van der Waals surface area contributed by atoms with Gasteiger partial charge in [-0.3, -0.25) is 0 Å². The molecule has 0 aromatic carbocycles. The van der Waals surface area contributed by atoms with E-state index in [0.29, 0.717) is 5.41 Å². The van der Waals surface area contributed by atoms with E-state index in [9.17, 15) is 0 Å². The molecule has 1 saturated heterocycles. The molecule has 0 aromatic heterocycles. The van der Waals surface area contributed by atoms with Crippen LogP contribution < -0.4 is 0 Å². The SMILES string of the molecule is CCCC1CN(SS)CCC1(C)C. The van der Waals surface area contributed by atoms with Gasteiger partial charge in [-0.1, -0.05) is 38.9 Å². The first-order valence-electron chi connectivity index (χ1n) is 5.16. The Morgan fingerprint density at radius 1 is 1.54 bits per heavy atom. The summed E-state index contributed by atoms with van der Waals surface area (Å²) in [5.41, 5.74) is 0.538. The van der Waals surface area contributed by atoms with E-state index < -0.39 is 0 Å². The fourth-order valence-corrected chi connectivity index (χ4v) is 2.97. The summed E-state index contributed by atoms with van der Waals surface area (Å²) in [4.78, 5) is 0. The second-order valence-corrected chi connectivity index (χ2v) is 5.86. The fourth-order valence-electron chi connectivity index (χ4n) is 2.11. The van der Waals surface area contributed by atoms with Gasteiger partial charge in [-0.25, -0.2) is 4.31 Å². The van der Waals surface area contributed by atoms with Gasteiger partial charge in [0.25, 0.3) is 0 Å². The molecule has 1 nitrogen and oxygen atoms in total. The Morgan fingerprint density at radius 2 is 2.23 bits per heavy atom. The zero-order valence-electron chi connectivity index (χ0n) is 8.92. The second-order valence-electron chi connectivity index (χ2n) is 4.69. The lowest BCUT2D eigenvalue weighted by Gasteiger charge is -2.43. The summed E-state index contributed by atoms with van der Waals surface area (Å²) >= 11 is 4.27. The van der Waals surface area contributed by atoms with E-state index in [2.05, 4.69) is 36.7 Å². The van der Waals surface area contributed by atoms with Crippen molar-refractivity contribution in [1.29, 1.82) is 0 Å². The van der Waals surface area contributed by atoms with Gasteiger partial charge in [0, 0.05) is 13.1 Å². The molecule has 3 heteroatoms. The normalized spacial score (nSPS) is 29.1. The molecule has 0 aliphatic carbocycles. The molecule has 1 unspecified atom stereocenters. The first-order valence-corrected chi connectivity index (χ1v) is 6.99. The molecule has 1 aliphatic heterocycles. The standard InChI is InChI=1S/C10H21NS2/c1-4-5-9-8-11(13-12)7-6-10(9,2)3/h9,12H,4-8H2,1-3H3. The minimum Gasteiger partial charge on any atom is -0.241 e. The van der Waals surface area contributed by atoms with Crippen LogP contribution in [0.2, 0.25) is 0 Å². The van der Waals surface area contributed by atoms with Crippen LogP contribution in [0.5, 0.6) is 0 Å². The highest BCUT2D eigenvalue weighted by atomic mass is 33.1. The molecule has 0 bridgehead atoms. The zero-order chi connectivity index (χ0) is 9.90. The predicted octanol–water partition coefficient (Wildman–Crippen LogP) is 3.63. The second kappa shape index (κ2) is 4.94. The Labute approximate surface area is 91.6 Å². The smallest absolute Gasteiger partial charge is 0.0131 e. The lowest BCUT2D eigenvalue weighted by atomic mass is 9.72. The molecular weight excluding hydrogens is 198 g/mol. The fraction of sp³-hybridized carbons (Fsp3) is 1.00. The molecule has 13 heavy (non-hydrogen) atoms. The van der Waals surface area contributed by atoms with Crippen molar-refractivity contribution in [3.8, 4) is 0 Å². The van der Waals surface area contributed by atoms with Gasteiger partial charge in [-0.05, 0) is 35.2 Å². The van der Waals surface area contributed by atoms with Crippen LogP contribution in [0.4, 0.5) is 0 Å². The molecule has 0 saturated carbocycles. The van der Waals surface area contributed by atoms with Crippen molar-refractivity contribution in [2.45, 2.75) is 40.0 Å². The van der Waals surface area contributed by atoms with E-state index in [-0.39, 0.29) is 0 Å². The third-order valence-electron chi connectivity index (χ3n) is 3.29. The van der Waals surface area contributed by atoms with Crippen LogP contribution in [0, 0.1) is 11.3 Å². The first-order chi connectivity index (χ1) is 6.10. The van der Waals surface area contributed by atoms with Crippen molar-refractivity contribution < 1.29 is 0 Å². The average Bonchev–Trinajstić information content (AvgIpc) is 2.09. The van der Waals surface area contributed by atoms with Gasteiger partial charge in [-0.2, -0.15) is 0 Å². The molecule has 1 atom stereocenters. The largest absolute Gasteiger partial charge is 0.241 e. The van der Waals surface area contributed by atoms with Crippen molar-refractivity contribution in [2.24, 2.45) is 11.3 Å². The molecule has 0 amide bonds. The van der Waals surface area contributed by atoms with Crippen LogP contribution in [0.3, 0.4) is 0 Å². The molecule has 78 valence electrons. The van der Waals surface area contributed by atoms with Crippen molar-refractivity contribution in [2.75, 3.05) is 13.1 Å². The van der Waals surface area contributed by atoms with Gasteiger partial charge in [0.2, 0.25) is 0 Å². The van der Waals surface area contributed by atoms with Gasteiger partial charge in [0.15, 0.2) is 0 Å². The summed E-state index contributed by atoms with van der Waals surface area (Å²) in [6.07, 6.45) is 3.97. The zero-order valence-corrected chi connectivity index (χ0v) is 10.6. The van der Waals surface area contributed by atoms with Crippen LogP contribution in [0.15, 0.2) is 0 Å². The van der Waals surface area contributed by atoms with E-state index in [1.165, 1.54) is 32.4 Å². The van der Waals surface area contributed by atoms with Crippen LogP contribution >= 0.6 is 22.6 Å². The lowest BCUT2D eigenvalue weighted by Crippen LogP contribution is -2.41. The Bertz CT molecular complexity index is 159. The number of hydrogen-bond donors (Lipinski definition) is 1. The van der Waals surface area contributed by atoms with Gasteiger partial charge >= 0.3 is 0 Å². The summed E-state index contributed by atoms with van der Waals surface area (Å²) in [7, 11) is 1.60. The number of rotatable bonds is 3. The summed E-state index contributed by atoms with van der Waals surface area (Å²) in [6, 6.07) is 0. The molecule has 1 fully saturated rings. The average molecular weight is 219 g/mol. The van der Waals surface area contributed by atoms with E-state index in [1.807, 2.05) is 0 Å². The van der Waals surface area contributed by atoms with E-state index in [1.54, 1.807) is 11.0 Å². The summed E-state index contributed by atoms with van der Waals surface area (Å²) in [5.74, 6) is 0.853. The Morgan fingerprint density at radius 3 is 2.77 bits per heavy atom. The molecule has 0 spiro atoms. The molecule has 1 aliphatic rings. The Kier molecular flexibility index (Phi) is 4.46.